The molecule has 1 aliphatic rings. The van der Waals surface area contributed by atoms with Gasteiger partial charge in [-0.15, -0.1) is 0 Å². The van der Waals surface area contributed by atoms with Crippen LogP contribution in [0.25, 0.3) is 6.08 Å². The molecule has 142 valence electrons. The van der Waals surface area contributed by atoms with E-state index in [1.807, 2.05) is 13.0 Å². The fourth-order valence-electron chi connectivity index (χ4n) is 3.01. The Bertz CT molecular complexity index is 849. The van der Waals surface area contributed by atoms with Crippen LogP contribution in [0.2, 0.25) is 0 Å². The molecule has 26 heavy (non-hydrogen) atoms. The number of carbonyl (C=O) groups excluding carboxylic acids is 1. The van der Waals surface area contributed by atoms with E-state index in [1.54, 1.807) is 18.7 Å². The highest BCUT2D eigenvalue weighted by Crippen LogP contribution is 2.27. The van der Waals surface area contributed by atoms with Gasteiger partial charge in [-0.2, -0.15) is 10.4 Å². The molecule has 0 radical (unpaired) electrons. The molecule has 1 N–H and O–H groups in total. The molecule has 0 aliphatic carbocycles. The number of amides is 1. The normalized spacial score (nSPS) is 19.3. The Hall–Kier alpha value is -2.18. The quantitative estimate of drug-likeness (QED) is 0.427. The van der Waals surface area contributed by atoms with Gasteiger partial charge in [-0.3, -0.25) is 9.48 Å². The van der Waals surface area contributed by atoms with E-state index in [9.17, 15) is 18.5 Å². The van der Waals surface area contributed by atoms with Crippen LogP contribution >= 0.6 is 0 Å². The minimum atomic E-state index is -3.02. The van der Waals surface area contributed by atoms with Crippen LogP contribution in [0, 0.1) is 25.2 Å². The summed E-state index contributed by atoms with van der Waals surface area (Å²) in [4.78, 5) is 12.2. The molecular weight excluding hydrogens is 356 g/mol. The molecule has 9 heteroatoms. The highest BCUT2D eigenvalue weighted by atomic mass is 32.2. The second-order valence-electron chi connectivity index (χ2n) is 6.36. The predicted octanol–water partition coefficient (Wildman–Crippen LogP) is 0.919. The minimum absolute atomic E-state index is 0.00721. The molecule has 1 aliphatic heterocycles. The zero-order valence-electron chi connectivity index (χ0n) is 15.3. The van der Waals surface area contributed by atoms with E-state index in [0.29, 0.717) is 37.3 Å². The van der Waals surface area contributed by atoms with E-state index in [0.717, 1.165) is 5.69 Å². The van der Waals surface area contributed by atoms with Gasteiger partial charge < -0.3 is 10.1 Å². The molecule has 0 saturated carbocycles. The largest absolute Gasteiger partial charge is 0.385 e. The Balaban J connectivity index is 2.21. The number of hydrogen-bond donors (Lipinski definition) is 1. The Morgan fingerprint density at radius 3 is 2.81 bits per heavy atom. The van der Waals surface area contributed by atoms with E-state index >= 15 is 0 Å². The average Bonchev–Trinajstić information content (AvgIpc) is 3.08. The number of nitriles is 1. The van der Waals surface area contributed by atoms with Crippen molar-refractivity contribution in [3.05, 3.63) is 22.5 Å². The van der Waals surface area contributed by atoms with E-state index < -0.39 is 15.7 Å². The van der Waals surface area contributed by atoms with Gasteiger partial charge in [-0.05, 0) is 32.8 Å². The molecule has 1 atom stereocenters. The van der Waals surface area contributed by atoms with Crippen molar-refractivity contribution in [1.82, 2.24) is 15.1 Å². The highest BCUT2D eigenvalue weighted by molar-refractivity contribution is 7.91. The molecule has 0 unspecified atom stereocenters. The molecule has 1 amide bonds. The molecule has 1 fully saturated rings. The zero-order chi connectivity index (χ0) is 19.3. The second-order valence-corrected chi connectivity index (χ2v) is 8.59. The Morgan fingerprint density at radius 1 is 1.50 bits per heavy atom. The molecule has 2 heterocycles. The number of methoxy groups -OCH3 is 1. The molecule has 0 spiro atoms. The summed E-state index contributed by atoms with van der Waals surface area (Å²) in [7, 11) is -1.44. The maximum absolute atomic E-state index is 12.2. The van der Waals surface area contributed by atoms with Crippen LogP contribution in [0.1, 0.15) is 35.8 Å². The summed E-state index contributed by atoms with van der Waals surface area (Å²) >= 11 is 0. The Kier molecular flexibility index (Phi) is 6.56. The monoisotopic (exact) mass is 380 g/mol. The first kappa shape index (κ1) is 20.1. The van der Waals surface area contributed by atoms with Crippen LogP contribution < -0.4 is 5.32 Å². The molecule has 8 nitrogen and oxygen atoms in total. The maximum Gasteiger partial charge on any atom is 0.261 e. The first-order chi connectivity index (χ1) is 12.3. The third kappa shape index (κ3) is 4.71. The Labute approximate surface area is 153 Å². The number of nitrogens with zero attached hydrogens (tertiary/aromatic N) is 3. The number of aromatic nitrogens is 2. The number of carbonyl (C=O) groups is 1. The molecule has 0 aromatic carbocycles. The van der Waals surface area contributed by atoms with Crippen LogP contribution in [0.4, 0.5) is 0 Å². The van der Waals surface area contributed by atoms with Crippen LogP contribution in [-0.2, 0) is 19.4 Å². The summed E-state index contributed by atoms with van der Waals surface area (Å²) in [6.45, 7) is 4.55. The number of rotatable bonds is 7. The molecule has 0 bridgehead atoms. The second kappa shape index (κ2) is 8.47. The van der Waals surface area contributed by atoms with Gasteiger partial charge in [0.2, 0.25) is 0 Å². The lowest BCUT2D eigenvalue weighted by molar-refractivity contribution is -0.117. The van der Waals surface area contributed by atoms with Crippen molar-refractivity contribution >= 4 is 21.8 Å². The van der Waals surface area contributed by atoms with Crippen molar-refractivity contribution in [1.29, 1.82) is 5.26 Å². The zero-order valence-corrected chi connectivity index (χ0v) is 16.1. The molecular formula is C17H24N4O4S. The minimum Gasteiger partial charge on any atom is -0.385 e. The third-order valence-corrected chi connectivity index (χ3v) is 6.15. The summed E-state index contributed by atoms with van der Waals surface area (Å²) in [5, 5.41) is 16.4. The van der Waals surface area contributed by atoms with Gasteiger partial charge in [-0.1, -0.05) is 0 Å². The number of hydrogen-bond acceptors (Lipinski definition) is 6. The molecule has 2 rings (SSSR count). The van der Waals surface area contributed by atoms with Crippen molar-refractivity contribution in [2.24, 2.45) is 0 Å². The van der Waals surface area contributed by atoms with E-state index in [4.69, 9.17) is 4.74 Å². The first-order valence-corrected chi connectivity index (χ1v) is 10.3. The van der Waals surface area contributed by atoms with Gasteiger partial charge in [0.1, 0.15) is 11.6 Å². The lowest BCUT2D eigenvalue weighted by Gasteiger charge is -2.11. The number of nitrogens with one attached hydrogen (secondary N) is 1. The standard InChI is InChI=1S/C17H24N4O4S/c1-12-16(9-14(10-18)17(22)19-6-4-7-25-3)13(2)21(20-12)15-5-8-26(23,24)11-15/h9,15H,4-8,11H2,1-3H3,(H,19,22)/b14-9+/t15-/m0/s1. The fourth-order valence-corrected chi connectivity index (χ4v) is 4.71. The summed E-state index contributed by atoms with van der Waals surface area (Å²) in [5.74, 6) is -0.212. The molecule has 1 aromatic rings. The lowest BCUT2D eigenvalue weighted by Crippen LogP contribution is -2.26. The Morgan fingerprint density at radius 2 is 2.23 bits per heavy atom. The third-order valence-electron chi connectivity index (χ3n) is 4.40. The van der Waals surface area contributed by atoms with Crippen molar-refractivity contribution in [3.63, 3.8) is 0 Å². The van der Waals surface area contributed by atoms with Gasteiger partial charge in [0.05, 0.1) is 23.2 Å². The van der Waals surface area contributed by atoms with Gasteiger partial charge in [0.15, 0.2) is 9.84 Å². The van der Waals surface area contributed by atoms with Crippen molar-refractivity contribution in [2.75, 3.05) is 31.8 Å². The van der Waals surface area contributed by atoms with Gasteiger partial charge in [-0.25, -0.2) is 8.42 Å². The summed E-state index contributed by atoms with van der Waals surface area (Å²) < 4.78 is 30.1. The lowest BCUT2D eigenvalue weighted by atomic mass is 10.1. The van der Waals surface area contributed by atoms with Crippen molar-refractivity contribution in [3.8, 4) is 6.07 Å². The van der Waals surface area contributed by atoms with Crippen molar-refractivity contribution < 1.29 is 17.9 Å². The van der Waals surface area contributed by atoms with E-state index in [-0.39, 0.29) is 23.1 Å². The van der Waals surface area contributed by atoms with Gasteiger partial charge >= 0.3 is 0 Å². The number of aryl methyl sites for hydroxylation is 1. The average molecular weight is 380 g/mol. The van der Waals surface area contributed by atoms with Gasteiger partial charge in [0.25, 0.3) is 5.91 Å². The highest BCUT2D eigenvalue weighted by Gasteiger charge is 2.31. The summed E-state index contributed by atoms with van der Waals surface area (Å²) in [5.41, 5.74) is 2.08. The summed E-state index contributed by atoms with van der Waals surface area (Å²) in [6.07, 6.45) is 2.70. The number of ether oxygens (including phenoxy) is 1. The van der Waals surface area contributed by atoms with Crippen LogP contribution in [0.15, 0.2) is 5.57 Å². The van der Waals surface area contributed by atoms with Crippen LogP contribution in [0.5, 0.6) is 0 Å². The van der Waals surface area contributed by atoms with E-state index in [1.165, 1.54) is 6.08 Å². The predicted molar refractivity (Wildman–Crippen MR) is 97.1 cm³/mol. The van der Waals surface area contributed by atoms with E-state index in [2.05, 4.69) is 10.4 Å². The van der Waals surface area contributed by atoms with Gasteiger partial charge in [0, 0.05) is 31.5 Å². The first-order valence-electron chi connectivity index (χ1n) is 8.44. The van der Waals surface area contributed by atoms with Crippen LogP contribution in [-0.4, -0.2) is 55.9 Å². The fraction of sp³-hybridized carbons (Fsp3) is 0.588. The topological polar surface area (TPSA) is 114 Å². The smallest absolute Gasteiger partial charge is 0.261 e. The van der Waals surface area contributed by atoms with Crippen molar-refractivity contribution in [2.45, 2.75) is 32.7 Å². The molecule has 1 saturated heterocycles. The molecule has 1 aromatic heterocycles. The van der Waals surface area contributed by atoms with Crippen LogP contribution in [0.3, 0.4) is 0 Å². The summed E-state index contributed by atoms with van der Waals surface area (Å²) in [6, 6.07) is 1.72. The maximum atomic E-state index is 12.2. The SMILES string of the molecule is COCCCNC(=O)/C(C#N)=C/c1c(C)nn([C@H]2CCS(=O)(=O)C2)c1C. The number of sulfone groups is 1.